The van der Waals surface area contributed by atoms with Gasteiger partial charge in [-0.15, -0.1) is 0 Å². The number of H-pyrrole nitrogens is 1. The average molecular weight is 477 g/mol. The SMILES string of the molecule is O=C(Nc1c[nH]c2cc(F)c(F)cc12)c1cc(-c2cnc(N3CCC(F)(F)CC3)c(F)c2)no1. The van der Waals surface area contributed by atoms with Crippen LogP contribution in [0.3, 0.4) is 0 Å². The zero-order chi connectivity index (χ0) is 24.0. The first-order chi connectivity index (χ1) is 16.2. The number of anilines is 2. The van der Waals surface area contributed by atoms with E-state index in [2.05, 4.69) is 20.4 Å². The van der Waals surface area contributed by atoms with E-state index in [0.29, 0.717) is 0 Å². The summed E-state index contributed by atoms with van der Waals surface area (Å²) in [6.45, 7) is -0.0378. The van der Waals surface area contributed by atoms with Crippen LogP contribution in [0, 0.1) is 17.5 Å². The van der Waals surface area contributed by atoms with E-state index in [1.165, 1.54) is 23.4 Å². The van der Waals surface area contributed by atoms with Gasteiger partial charge in [0.15, 0.2) is 23.3 Å². The van der Waals surface area contributed by atoms with Gasteiger partial charge in [0, 0.05) is 61.4 Å². The van der Waals surface area contributed by atoms with Crippen LogP contribution in [0.15, 0.2) is 41.2 Å². The molecule has 1 aromatic carbocycles. The molecule has 0 atom stereocenters. The molecule has 0 unspecified atom stereocenters. The van der Waals surface area contributed by atoms with E-state index in [1.807, 2.05) is 0 Å². The Kier molecular flexibility index (Phi) is 5.22. The molecule has 1 fully saturated rings. The third kappa shape index (κ3) is 4.06. The van der Waals surface area contributed by atoms with Crippen LogP contribution >= 0.6 is 0 Å². The fraction of sp³-hybridized carbons (Fsp3) is 0.227. The van der Waals surface area contributed by atoms with Gasteiger partial charge in [-0.25, -0.2) is 26.9 Å². The summed E-state index contributed by atoms with van der Waals surface area (Å²) in [6.07, 6.45) is 1.92. The standard InChI is InChI=1S/C22H16F5N5O2/c23-13-6-12-17(7-14(13)24)28-10-18(12)30-21(33)19-8-16(31-34-19)11-5-15(25)20(29-9-11)32-3-1-22(26,27)2-4-32/h5-10,28H,1-4H2,(H,30,33). The van der Waals surface area contributed by atoms with E-state index in [4.69, 9.17) is 4.52 Å². The summed E-state index contributed by atoms with van der Waals surface area (Å²) in [6, 6.07) is 4.31. The van der Waals surface area contributed by atoms with Crippen LogP contribution in [0.4, 0.5) is 33.5 Å². The summed E-state index contributed by atoms with van der Waals surface area (Å²) >= 11 is 0. The molecule has 0 bridgehead atoms. The van der Waals surface area contributed by atoms with Crippen molar-refractivity contribution in [3.05, 3.63) is 59.9 Å². The number of carbonyl (C=O) groups excluding carboxylic acids is 1. The van der Waals surface area contributed by atoms with Crippen LogP contribution in [-0.4, -0.2) is 40.0 Å². The molecule has 12 heteroatoms. The van der Waals surface area contributed by atoms with E-state index in [9.17, 15) is 26.7 Å². The fourth-order valence-electron chi connectivity index (χ4n) is 3.77. The van der Waals surface area contributed by atoms with E-state index in [0.717, 1.165) is 18.2 Å². The number of carbonyl (C=O) groups is 1. The quantitative estimate of drug-likeness (QED) is 0.399. The number of aromatic amines is 1. The summed E-state index contributed by atoms with van der Waals surface area (Å²) in [4.78, 5) is 20.8. The molecule has 4 aromatic rings. The largest absolute Gasteiger partial charge is 0.359 e. The van der Waals surface area contributed by atoms with Gasteiger partial charge in [0.25, 0.3) is 11.8 Å². The molecule has 1 aliphatic rings. The summed E-state index contributed by atoms with van der Waals surface area (Å²) < 4.78 is 73.3. The number of pyridine rings is 1. The van der Waals surface area contributed by atoms with Crippen molar-refractivity contribution in [1.29, 1.82) is 0 Å². The topological polar surface area (TPSA) is 87.0 Å². The van der Waals surface area contributed by atoms with Gasteiger partial charge in [-0.05, 0) is 12.1 Å². The van der Waals surface area contributed by atoms with E-state index in [-0.39, 0.29) is 65.4 Å². The highest BCUT2D eigenvalue weighted by atomic mass is 19.3. The Hall–Kier alpha value is -3.96. The van der Waals surface area contributed by atoms with Crippen molar-refractivity contribution in [1.82, 2.24) is 15.1 Å². The lowest BCUT2D eigenvalue weighted by Crippen LogP contribution is -2.40. The lowest BCUT2D eigenvalue weighted by Gasteiger charge is -2.32. The van der Waals surface area contributed by atoms with E-state index >= 15 is 0 Å². The molecule has 34 heavy (non-hydrogen) atoms. The fourth-order valence-corrected chi connectivity index (χ4v) is 3.77. The lowest BCUT2D eigenvalue weighted by atomic mass is 10.1. The second-order valence-electron chi connectivity index (χ2n) is 7.92. The number of nitrogens with zero attached hydrogens (tertiary/aromatic N) is 3. The Morgan fingerprint density at radius 1 is 1.06 bits per heavy atom. The van der Waals surface area contributed by atoms with Crippen molar-refractivity contribution in [3.63, 3.8) is 0 Å². The predicted octanol–water partition coefficient (Wildman–Crippen LogP) is 5.12. The van der Waals surface area contributed by atoms with E-state index < -0.39 is 29.3 Å². The third-order valence-corrected chi connectivity index (χ3v) is 5.62. The maximum atomic E-state index is 14.6. The number of fused-ring (bicyclic) bond motifs is 1. The van der Waals surface area contributed by atoms with Crippen LogP contribution in [0.1, 0.15) is 23.4 Å². The summed E-state index contributed by atoms with van der Waals surface area (Å²) in [5.41, 5.74) is 0.823. The first-order valence-corrected chi connectivity index (χ1v) is 10.2. The number of aromatic nitrogens is 3. The molecular formula is C22H16F5N5O2. The van der Waals surface area contributed by atoms with Crippen LogP contribution in [-0.2, 0) is 0 Å². The second-order valence-corrected chi connectivity index (χ2v) is 7.92. The first-order valence-electron chi connectivity index (χ1n) is 10.2. The van der Waals surface area contributed by atoms with E-state index in [1.54, 1.807) is 0 Å². The minimum Gasteiger partial charge on any atom is -0.359 e. The Balaban J connectivity index is 1.32. The number of amides is 1. The highest BCUT2D eigenvalue weighted by molar-refractivity contribution is 6.08. The maximum absolute atomic E-state index is 14.6. The summed E-state index contributed by atoms with van der Waals surface area (Å²) in [7, 11) is 0. The maximum Gasteiger partial charge on any atom is 0.294 e. The van der Waals surface area contributed by atoms with Crippen molar-refractivity contribution in [3.8, 4) is 11.3 Å². The Bertz CT molecular complexity index is 1390. The molecule has 0 saturated carbocycles. The highest BCUT2D eigenvalue weighted by Crippen LogP contribution is 2.32. The number of halogens is 5. The molecule has 7 nitrogen and oxygen atoms in total. The Labute approximate surface area is 188 Å². The molecule has 0 aliphatic carbocycles. The van der Waals surface area contributed by atoms with Crippen LogP contribution in [0.5, 0.6) is 0 Å². The molecule has 0 spiro atoms. The Morgan fingerprint density at radius 2 is 1.79 bits per heavy atom. The van der Waals surface area contributed by atoms with Crippen LogP contribution in [0.2, 0.25) is 0 Å². The van der Waals surface area contributed by atoms with Gasteiger partial charge in [0.05, 0.1) is 11.2 Å². The minimum atomic E-state index is -2.76. The number of benzene rings is 1. The average Bonchev–Trinajstić information content (AvgIpc) is 3.43. The third-order valence-electron chi connectivity index (χ3n) is 5.62. The van der Waals surface area contributed by atoms with Gasteiger partial charge < -0.3 is 19.7 Å². The molecule has 1 saturated heterocycles. The molecule has 1 amide bonds. The van der Waals surface area contributed by atoms with Crippen molar-refractivity contribution in [2.24, 2.45) is 0 Å². The van der Waals surface area contributed by atoms with Gasteiger partial charge in [-0.1, -0.05) is 5.16 Å². The second kappa shape index (κ2) is 8.12. The van der Waals surface area contributed by atoms with Crippen molar-refractivity contribution >= 4 is 28.3 Å². The van der Waals surface area contributed by atoms with Gasteiger partial charge in [-0.3, -0.25) is 4.79 Å². The van der Waals surface area contributed by atoms with Crippen molar-refractivity contribution < 1.29 is 31.3 Å². The molecule has 1 aliphatic heterocycles. The summed E-state index contributed by atoms with van der Waals surface area (Å²) in [5, 5.41) is 6.52. The monoisotopic (exact) mass is 477 g/mol. The Morgan fingerprint density at radius 3 is 2.53 bits per heavy atom. The van der Waals surface area contributed by atoms with Gasteiger partial charge in [0.1, 0.15) is 5.69 Å². The molecular weight excluding hydrogens is 461 g/mol. The smallest absolute Gasteiger partial charge is 0.294 e. The lowest BCUT2D eigenvalue weighted by molar-refractivity contribution is -0.0222. The summed E-state index contributed by atoms with van der Waals surface area (Å²) in [5.74, 6) is -6.55. The number of alkyl halides is 2. The van der Waals surface area contributed by atoms with Crippen LogP contribution in [0.25, 0.3) is 22.2 Å². The molecule has 2 N–H and O–H groups in total. The number of piperidine rings is 1. The zero-order valence-corrected chi connectivity index (χ0v) is 17.3. The molecule has 176 valence electrons. The number of hydrogen-bond donors (Lipinski definition) is 2. The van der Waals surface area contributed by atoms with Gasteiger partial charge in [-0.2, -0.15) is 0 Å². The number of hydrogen-bond acceptors (Lipinski definition) is 5. The minimum absolute atomic E-state index is 0.0189. The predicted molar refractivity (Wildman–Crippen MR) is 112 cm³/mol. The molecule has 3 aromatic heterocycles. The number of nitrogens with one attached hydrogen (secondary N) is 2. The normalized spacial score (nSPS) is 15.6. The van der Waals surface area contributed by atoms with Gasteiger partial charge >= 0.3 is 0 Å². The van der Waals surface area contributed by atoms with Crippen molar-refractivity contribution in [2.75, 3.05) is 23.3 Å². The van der Waals surface area contributed by atoms with Crippen LogP contribution < -0.4 is 10.2 Å². The highest BCUT2D eigenvalue weighted by Gasteiger charge is 2.35. The molecule has 4 heterocycles. The van der Waals surface area contributed by atoms with Crippen molar-refractivity contribution in [2.45, 2.75) is 18.8 Å². The zero-order valence-electron chi connectivity index (χ0n) is 17.3. The number of rotatable bonds is 4. The van der Waals surface area contributed by atoms with Gasteiger partial charge in [0.2, 0.25) is 5.76 Å². The molecule has 5 rings (SSSR count). The first kappa shape index (κ1) is 21.9. The molecule has 0 radical (unpaired) electrons.